The normalized spacial score (nSPS) is 35.4. The molecule has 1 saturated carbocycles. The van der Waals surface area contributed by atoms with Crippen molar-refractivity contribution in [1.29, 1.82) is 0 Å². The molecule has 6 nitrogen and oxygen atoms in total. The Morgan fingerprint density at radius 2 is 2.26 bits per heavy atom. The molecular formula is C13H22N2O4. The molecule has 1 amide bonds. The van der Waals surface area contributed by atoms with Gasteiger partial charge in [0, 0.05) is 12.6 Å². The van der Waals surface area contributed by atoms with E-state index in [1.165, 1.54) is 0 Å². The summed E-state index contributed by atoms with van der Waals surface area (Å²) in [5.74, 6) is -0.916. The topological polar surface area (TPSA) is 92.9 Å². The Morgan fingerprint density at radius 1 is 1.53 bits per heavy atom. The molecule has 1 aliphatic carbocycles. The van der Waals surface area contributed by atoms with Crippen LogP contribution in [-0.4, -0.2) is 53.7 Å². The van der Waals surface area contributed by atoms with E-state index in [1.807, 2.05) is 6.92 Å². The van der Waals surface area contributed by atoms with Gasteiger partial charge in [-0.3, -0.25) is 9.59 Å². The standard InChI is InChI=1S/C13H22N2O4/c1-13(4-2-3-10(13)14)12(18)15-5-6-19-8-9(15)7-11(16)17/h9-10H,2-8,14H2,1H3,(H,16,17). The number of aliphatic carboxylic acids is 1. The predicted octanol–water partition coefficient (Wildman–Crippen LogP) is 0.206. The summed E-state index contributed by atoms with van der Waals surface area (Å²) in [5, 5.41) is 8.93. The fourth-order valence-electron chi connectivity index (χ4n) is 3.08. The second-order valence-corrected chi connectivity index (χ2v) is 5.74. The molecule has 0 aromatic heterocycles. The molecule has 1 saturated heterocycles. The van der Waals surface area contributed by atoms with Crippen molar-refractivity contribution in [1.82, 2.24) is 4.90 Å². The van der Waals surface area contributed by atoms with Gasteiger partial charge in [-0.15, -0.1) is 0 Å². The van der Waals surface area contributed by atoms with Crippen molar-refractivity contribution >= 4 is 11.9 Å². The third-order valence-corrected chi connectivity index (χ3v) is 4.42. The number of rotatable bonds is 3. The minimum absolute atomic E-state index is 0.00736. The summed E-state index contributed by atoms with van der Waals surface area (Å²) in [7, 11) is 0. The third-order valence-electron chi connectivity index (χ3n) is 4.42. The molecule has 1 heterocycles. The molecule has 2 aliphatic rings. The van der Waals surface area contributed by atoms with E-state index in [1.54, 1.807) is 4.90 Å². The molecule has 0 aromatic rings. The Morgan fingerprint density at radius 3 is 2.84 bits per heavy atom. The number of morpholine rings is 1. The molecule has 0 radical (unpaired) electrons. The van der Waals surface area contributed by atoms with Crippen LogP contribution in [0, 0.1) is 5.41 Å². The lowest BCUT2D eigenvalue weighted by molar-refractivity contribution is -0.153. The van der Waals surface area contributed by atoms with Crippen LogP contribution < -0.4 is 5.73 Å². The quantitative estimate of drug-likeness (QED) is 0.764. The fraction of sp³-hybridized carbons (Fsp3) is 0.846. The van der Waals surface area contributed by atoms with Gasteiger partial charge < -0.3 is 20.5 Å². The van der Waals surface area contributed by atoms with Crippen molar-refractivity contribution in [2.75, 3.05) is 19.8 Å². The molecule has 3 N–H and O–H groups in total. The first-order valence-corrected chi connectivity index (χ1v) is 6.81. The summed E-state index contributed by atoms with van der Waals surface area (Å²) in [6.07, 6.45) is 2.52. The van der Waals surface area contributed by atoms with Crippen LogP contribution in [0.2, 0.25) is 0 Å². The number of amides is 1. The maximum Gasteiger partial charge on any atom is 0.305 e. The van der Waals surface area contributed by atoms with E-state index in [4.69, 9.17) is 15.6 Å². The fourth-order valence-corrected chi connectivity index (χ4v) is 3.08. The highest BCUT2D eigenvalue weighted by atomic mass is 16.5. The van der Waals surface area contributed by atoms with Crippen molar-refractivity contribution in [3.8, 4) is 0 Å². The summed E-state index contributed by atoms with van der Waals surface area (Å²) in [6, 6.07) is -0.503. The summed E-state index contributed by atoms with van der Waals surface area (Å²) in [6.45, 7) is 3.12. The maximum atomic E-state index is 12.7. The highest BCUT2D eigenvalue weighted by Gasteiger charge is 2.47. The molecule has 2 fully saturated rings. The molecule has 19 heavy (non-hydrogen) atoms. The van der Waals surface area contributed by atoms with Crippen molar-refractivity contribution in [3.05, 3.63) is 0 Å². The molecular weight excluding hydrogens is 248 g/mol. The van der Waals surface area contributed by atoms with Crippen LogP contribution in [0.1, 0.15) is 32.6 Å². The number of carbonyl (C=O) groups excluding carboxylic acids is 1. The first kappa shape index (κ1) is 14.3. The second kappa shape index (κ2) is 5.46. The molecule has 3 unspecified atom stereocenters. The third kappa shape index (κ3) is 2.74. The maximum absolute atomic E-state index is 12.7. The Kier molecular flexibility index (Phi) is 4.10. The molecule has 6 heteroatoms. The van der Waals surface area contributed by atoms with Gasteiger partial charge >= 0.3 is 5.97 Å². The minimum atomic E-state index is -0.908. The van der Waals surface area contributed by atoms with Gasteiger partial charge in [-0.25, -0.2) is 0 Å². The van der Waals surface area contributed by atoms with E-state index >= 15 is 0 Å². The van der Waals surface area contributed by atoms with Crippen LogP contribution in [0.5, 0.6) is 0 Å². The van der Waals surface area contributed by atoms with E-state index in [0.29, 0.717) is 19.8 Å². The van der Waals surface area contributed by atoms with Crippen molar-refractivity contribution in [2.24, 2.45) is 11.1 Å². The van der Waals surface area contributed by atoms with Gasteiger partial charge in [-0.1, -0.05) is 6.42 Å². The van der Waals surface area contributed by atoms with Gasteiger partial charge in [-0.05, 0) is 19.8 Å². The van der Waals surface area contributed by atoms with Crippen LogP contribution in [0.4, 0.5) is 0 Å². The summed E-state index contributed by atoms with van der Waals surface area (Å²) in [5.41, 5.74) is 5.52. The number of hydrogen-bond donors (Lipinski definition) is 2. The molecule has 3 atom stereocenters. The van der Waals surface area contributed by atoms with Crippen LogP contribution in [0.3, 0.4) is 0 Å². The Bertz CT molecular complexity index is 374. The first-order chi connectivity index (χ1) is 8.95. The zero-order valence-electron chi connectivity index (χ0n) is 11.3. The molecule has 0 bridgehead atoms. The highest BCUT2D eigenvalue weighted by molar-refractivity contribution is 5.84. The van der Waals surface area contributed by atoms with Gasteiger partial charge in [0.25, 0.3) is 0 Å². The number of carbonyl (C=O) groups is 2. The van der Waals surface area contributed by atoms with E-state index in [-0.39, 0.29) is 24.4 Å². The average Bonchev–Trinajstić information content (AvgIpc) is 2.70. The molecule has 0 aromatic carbocycles. The zero-order valence-corrected chi connectivity index (χ0v) is 11.3. The second-order valence-electron chi connectivity index (χ2n) is 5.74. The van der Waals surface area contributed by atoms with Crippen molar-refractivity contribution < 1.29 is 19.4 Å². The molecule has 1 aliphatic heterocycles. The average molecular weight is 270 g/mol. The summed E-state index contributed by atoms with van der Waals surface area (Å²) in [4.78, 5) is 25.3. The molecule has 0 spiro atoms. The van der Waals surface area contributed by atoms with Gasteiger partial charge in [-0.2, -0.15) is 0 Å². The van der Waals surface area contributed by atoms with Crippen molar-refractivity contribution in [2.45, 2.75) is 44.7 Å². The number of carboxylic acids is 1. The van der Waals surface area contributed by atoms with Gasteiger partial charge in [0.2, 0.25) is 5.91 Å². The molecule has 108 valence electrons. The Hall–Kier alpha value is -1.14. The van der Waals surface area contributed by atoms with E-state index in [2.05, 4.69) is 0 Å². The number of nitrogens with two attached hydrogens (primary N) is 1. The van der Waals surface area contributed by atoms with Gasteiger partial charge in [0.1, 0.15) is 0 Å². The van der Waals surface area contributed by atoms with Crippen LogP contribution in [-0.2, 0) is 14.3 Å². The number of hydrogen-bond acceptors (Lipinski definition) is 4. The number of carboxylic acid groups (broad SMARTS) is 1. The lowest BCUT2D eigenvalue weighted by Crippen LogP contribution is -2.56. The Balaban J connectivity index is 2.13. The zero-order chi connectivity index (χ0) is 14.0. The Labute approximate surface area is 112 Å². The smallest absolute Gasteiger partial charge is 0.305 e. The highest BCUT2D eigenvalue weighted by Crippen LogP contribution is 2.39. The lowest BCUT2D eigenvalue weighted by Gasteiger charge is -2.41. The van der Waals surface area contributed by atoms with Crippen LogP contribution in [0.15, 0.2) is 0 Å². The monoisotopic (exact) mass is 270 g/mol. The van der Waals surface area contributed by atoms with E-state index in [0.717, 1.165) is 19.3 Å². The first-order valence-electron chi connectivity index (χ1n) is 6.81. The van der Waals surface area contributed by atoms with E-state index in [9.17, 15) is 9.59 Å². The van der Waals surface area contributed by atoms with Gasteiger partial charge in [0.15, 0.2) is 0 Å². The van der Waals surface area contributed by atoms with Crippen LogP contribution in [0.25, 0.3) is 0 Å². The largest absolute Gasteiger partial charge is 0.481 e. The lowest BCUT2D eigenvalue weighted by atomic mass is 9.83. The SMILES string of the molecule is CC1(C(=O)N2CCOCC2CC(=O)O)CCCC1N. The molecule has 2 rings (SSSR count). The van der Waals surface area contributed by atoms with E-state index < -0.39 is 11.4 Å². The number of ether oxygens (including phenoxy) is 1. The summed E-state index contributed by atoms with van der Waals surface area (Å²) < 4.78 is 5.30. The van der Waals surface area contributed by atoms with Gasteiger partial charge in [0.05, 0.1) is 31.1 Å². The number of nitrogens with zero attached hydrogens (tertiary/aromatic N) is 1. The minimum Gasteiger partial charge on any atom is -0.481 e. The van der Waals surface area contributed by atoms with Crippen molar-refractivity contribution in [3.63, 3.8) is 0 Å². The van der Waals surface area contributed by atoms with Crippen LogP contribution >= 0.6 is 0 Å². The predicted molar refractivity (Wildman–Crippen MR) is 68.5 cm³/mol. The summed E-state index contributed by atoms with van der Waals surface area (Å²) >= 11 is 0.